The van der Waals surface area contributed by atoms with Crippen molar-refractivity contribution in [2.75, 3.05) is 0 Å². The fraction of sp³-hybridized carbons (Fsp3) is 0.871. The molecule has 0 aromatic heterocycles. The van der Waals surface area contributed by atoms with Crippen LogP contribution in [-0.4, -0.2) is 46.1 Å². The predicted molar refractivity (Wildman–Crippen MR) is 142 cm³/mol. The van der Waals surface area contributed by atoms with E-state index in [2.05, 4.69) is 34.6 Å². The maximum Gasteiger partial charge on any atom is 0.303 e. The lowest BCUT2D eigenvalue weighted by atomic mass is 9.44. The minimum atomic E-state index is -1.38. The molecular weight excluding hydrogens is 468 g/mol. The number of fused-ring (bicyclic) bond motifs is 5. The van der Waals surface area contributed by atoms with Gasteiger partial charge in [0.15, 0.2) is 0 Å². The van der Waals surface area contributed by atoms with Crippen LogP contribution < -0.4 is 0 Å². The zero-order chi connectivity index (χ0) is 27.3. The molecule has 0 saturated heterocycles. The Morgan fingerprint density at radius 3 is 2.35 bits per heavy atom. The van der Waals surface area contributed by atoms with E-state index in [0.29, 0.717) is 43.4 Å². The van der Waals surface area contributed by atoms with E-state index in [0.717, 1.165) is 18.4 Å². The van der Waals surface area contributed by atoms with Gasteiger partial charge in [0.05, 0.1) is 6.10 Å². The van der Waals surface area contributed by atoms with Crippen LogP contribution in [0, 0.1) is 40.4 Å². The number of esters is 2. The highest BCUT2D eigenvalue weighted by atomic mass is 16.5. The molecule has 0 radical (unpaired) electrons. The lowest BCUT2D eigenvalue weighted by Crippen LogP contribution is -2.69. The number of hydrogen-bond acceptors (Lipinski definition) is 6. The second-order valence-electron chi connectivity index (χ2n) is 13.8. The van der Waals surface area contributed by atoms with Crippen LogP contribution in [0.4, 0.5) is 0 Å². The Morgan fingerprint density at radius 2 is 1.73 bits per heavy atom. The van der Waals surface area contributed by atoms with Crippen LogP contribution in [0.1, 0.15) is 106 Å². The van der Waals surface area contributed by atoms with Gasteiger partial charge >= 0.3 is 11.9 Å². The highest BCUT2D eigenvalue weighted by molar-refractivity contribution is 5.67. The first-order valence-electron chi connectivity index (χ1n) is 14.7. The van der Waals surface area contributed by atoms with Crippen molar-refractivity contribution in [2.24, 2.45) is 40.4 Å². The summed E-state index contributed by atoms with van der Waals surface area (Å²) < 4.78 is 11.5. The van der Waals surface area contributed by atoms with Gasteiger partial charge in [0.1, 0.15) is 17.8 Å². The molecule has 0 aliphatic heterocycles. The van der Waals surface area contributed by atoms with Crippen LogP contribution in [0.25, 0.3) is 0 Å². The van der Waals surface area contributed by atoms with Gasteiger partial charge in [-0.2, -0.15) is 0 Å². The molecule has 0 unspecified atom stereocenters. The SMILES string of the molecule is CC(=O)O[C@H]1CC[C@@]2(C)[C@H](C1)[C@@H](OC(C)=O)C=C1[C@@H]3CC[C@H]([C@H](C)CCCC(C)C)[C@@]3(C)C[C@@H](O)[C@@]12O. The third-order valence-corrected chi connectivity index (χ3v) is 11.0. The molecule has 0 heterocycles. The summed E-state index contributed by atoms with van der Waals surface area (Å²) in [6.45, 7) is 14.1. The summed E-state index contributed by atoms with van der Waals surface area (Å²) in [5, 5.41) is 24.4. The minimum Gasteiger partial charge on any atom is -0.463 e. The fourth-order valence-corrected chi connectivity index (χ4v) is 9.25. The molecule has 0 aromatic carbocycles. The fourth-order valence-electron chi connectivity index (χ4n) is 9.25. The first-order valence-corrected chi connectivity index (χ1v) is 14.7. The molecule has 37 heavy (non-hydrogen) atoms. The van der Waals surface area contributed by atoms with Gasteiger partial charge in [-0.3, -0.25) is 9.59 Å². The highest BCUT2D eigenvalue weighted by Crippen LogP contribution is 2.68. The Labute approximate surface area is 223 Å². The van der Waals surface area contributed by atoms with Crippen LogP contribution in [0.15, 0.2) is 11.6 Å². The second-order valence-corrected chi connectivity index (χ2v) is 13.8. The molecule has 6 nitrogen and oxygen atoms in total. The number of carbonyl (C=O) groups is 2. The zero-order valence-corrected chi connectivity index (χ0v) is 24.1. The van der Waals surface area contributed by atoms with Gasteiger partial charge in [0.2, 0.25) is 0 Å². The Bertz CT molecular complexity index is 911. The topological polar surface area (TPSA) is 93.1 Å². The maximum absolute atomic E-state index is 12.6. The number of carbonyl (C=O) groups excluding carboxylic acids is 2. The van der Waals surface area contributed by atoms with Gasteiger partial charge in [0.25, 0.3) is 0 Å². The van der Waals surface area contributed by atoms with E-state index in [4.69, 9.17) is 9.47 Å². The van der Waals surface area contributed by atoms with Crippen molar-refractivity contribution in [1.82, 2.24) is 0 Å². The third-order valence-electron chi connectivity index (χ3n) is 11.0. The van der Waals surface area contributed by atoms with E-state index in [-0.39, 0.29) is 35.3 Å². The summed E-state index contributed by atoms with van der Waals surface area (Å²) in [5.74, 6) is 0.990. The Balaban J connectivity index is 1.69. The van der Waals surface area contributed by atoms with Crippen molar-refractivity contribution < 1.29 is 29.3 Å². The molecule has 0 aromatic rings. The number of rotatable bonds is 7. The van der Waals surface area contributed by atoms with E-state index in [1.807, 2.05) is 6.08 Å². The Hall–Kier alpha value is -1.40. The molecule has 10 atom stereocenters. The summed E-state index contributed by atoms with van der Waals surface area (Å²) in [4.78, 5) is 23.9. The lowest BCUT2D eigenvalue weighted by molar-refractivity contribution is -0.227. The molecule has 0 spiro atoms. The molecule has 3 fully saturated rings. The van der Waals surface area contributed by atoms with Crippen molar-refractivity contribution in [3.63, 3.8) is 0 Å². The molecular formula is C31H50O6. The van der Waals surface area contributed by atoms with Crippen LogP contribution in [0.2, 0.25) is 0 Å². The van der Waals surface area contributed by atoms with Gasteiger partial charge in [0, 0.05) is 25.2 Å². The lowest BCUT2D eigenvalue weighted by Gasteiger charge is -2.64. The number of ether oxygens (including phenoxy) is 2. The van der Waals surface area contributed by atoms with Gasteiger partial charge in [-0.05, 0) is 79.3 Å². The van der Waals surface area contributed by atoms with Gasteiger partial charge in [-0.15, -0.1) is 0 Å². The van der Waals surface area contributed by atoms with Crippen molar-refractivity contribution >= 4 is 11.9 Å². The number of hydrogen-bond donors (Lipinski definition) is 2. The Morgan fingerprint density at radius 1 is 1.05 bits per heavy atom. The van der Waals surface area contributed by atoms with E-state index >= 15 is 0 Å². The minimum absolute atomic E-state index is 0.104. The molecule has 0 bridgehead atoms. The van der Waals surface area contributed by atoms with E-state index in [9.17, 15) is 19.8 Å². The monoisotopic (exact) mass is 518 g/mol. The molecule has 4 aliphatic carbocycles. The molecule has 6 heteroatoms. The van der Waals surface area contributed by atoms with Crippen LogP contribution in [0.5, 0.6) is 0 Å². The molecule has 4 rings (SSSR count). The average molecular weight is 519 g/mol. The van der Waals surface area contributed by atoms with Crippen molar-refractivity contribution in [2.45, 2.75) is 130 Å². The molecule has 2 N–H and O–H groups in total. The van der Waals surface area contributed by atoms with E-state index in [1.165, 1.54) is 33.1 Å². The first kappa shape index (κ1) is 28.6. The summed E-state index contributed by atoms with van der Waals surface area (Å²) >= 11 is 0. The zero-order valence-electron chi connectivity index (χ0n) is 24.1. The summed E-state index contributed by atoms with van der Waals surface area (Å²) in [7, 11) is 0. The number of aliphatic hydroxyl groups is 2. The maximum atomic E-state index is 12.6. The largest absolute Gasteiger partial charge is 0.463 e. The molecule has 210 valence electrons. The summed E-state index contributed by atoms with van der Waals surface area (Å²) in [5.41, 5.74) is -1.28. The molecule has 0 amide bonds. The second kappa shape index (κ2) is 10.3. The summed E-state index contributed by atoms with van der Waals surface area (Å²) in [6, 6.07) is 0. The smallest absolute Gasteiger partial charge is 0.303 e. The number of aliphatic hydroxyl groups excluding tert-OH is 1. The predicted octanol–water partition coefficient (Wildman–Crippen LogP) is 5.59. The van der Waals surface area contributed by atoms with Gasteiger partial charge in [-0.1, -0.05) is 53.9 Å². The van der Waals surface area contributed by atoms with Crippen molar-refractivity contribution in [3.05, 3.63) is 11.6 Å². The van der Waals surface area contributed by atoms with Crippen molar-refractivity contribution in [3.8, 4) is 0 Å². The normalized spacial score (nSPS) is 43.8. The standard InChI is InChI=1S/C31H50O6/c1-18(2)9-8-10-19(3)23-11-12-24-25-16-27(37-21(5)33)26-15-22(36-20(4)32)13-14-30(26,7)31(25,35)28(34)17-29(23,24)6/h16,18-19,22-24,26-28,34-35H,8-15,17H2,1-7H3/t19-,22+,23-,24+,26-,27+,28-,29-,30+,31+/m1/s1. The van der Waals surface area contributed by atoms with Crippen molar-refractivity contribution in [1.29, 1.82) is 0 Å². The average Bonchev–Trinajstić information content (AvgIpc) is 3.12. The Kier molecular flexibility index (Phi) is 7.96. The first-order chi connectivity index (χ1) is 17.2. The molecule has 3 saturated carbocycles. The van der Waals surface area contributed by atoms with Crippen LogP contribution >= 0.6 is 0 Å². The van der Waals surface area contributed by atoms with Crippen LogP contribution in [-0.2, 0) is 19.1 Å². The van der Waals surface area contributed by atoms with Crippen LogP contribution in [0.3, 0.4) is 0 Å². The van der Waals surface area contributed by atoms with E-state index in [1.54, 1.807) is 0 Å². The van der Waals surface area contributed by atoms with E-state index < -0.39 is 23.2 Å². The van der Waals surface area contributed by atoms with Gasteiger partial charge < -0.3 is 19.7 Å². The quantitative estimate of drug-likeness (QED) is 0.337. The van der Waals surface area contributed by atoms with Gasteiger partial charge in [-0.25, -0.2) is 0 Å². The molecule has 4 aliphatic rings. The summed E-state index contributed by atoms with van der Waals surface area (Å²) in [6.07, 6.45) is 8.36. The third kappa shape index (κ3) is 4.79. The highest BCUT2D eigenvalue weighted by Gasteiger charge is 2.70.